The van der Waals surface area contributed by atoms with Crippen LogP contribution in [0.2, 0.25) is 0 Å². The van der Waals surface area contributed by atoms with Crippen molar-refractivity contribution in [3.05, 3.63) is 56.5 Å². The van der Waals surface area contributed by atoms with Crippen LogP contribution in [0.3, 0.4) is 0 Å². The number of aromatic nitrogens is 5. The molecule has 1 aliphatic heterocycles. The summed E-state index contributed by atoms with van der Waals surface area (Å²) in [5.74, 6) is -2.77. The average Bonchev–Trinajstić information content (AvgIpc) is 3.28. The molecule has 4 heterocycles. The summed E-state index contributed by atoms with van der Waals surface area (Å²) >= 11 is 0.239. The number of hydrogen-bond donors (Lipinski definition) is 4. The number of nitrogen functional groups attached to an aromatic ring is 1. The first-order valence-electron chi connectivity index (χ1n) is 8.64. The number of carbonyl (C=O) groups is 1. The number of halogens is 3. The molecule has 1 aliphatic rings. The summed E-state index contributed by atoms with van der Waals surface area (Å²) < 4.78 is 69.2. The zero-order valence-corrected chi connectivity index (χ0v) is 17.5. The number of hydrogen-bond acceptors (Lipinski definition) is 10. The summed E-state index contributed by atoms with van der Waals surface area (Å²) in [7, 11) is -5.15. The zero-order chi connectivity index (χ0) is 24.2. The van der Waals surface area contributed by atoms with Gasteiger partial charge in [-0.15, -0.1) is 10.2 Å². The minimum absolute atomic E-state index is 0.239. The fourth-order valence-electron chi connectivity index (χ4n) is 3.19. The van der Waals surface area contributed by atoms with Gasteiger partial charge < -0.3 is 11.1 Å². The molecule has 3 aromatic heterocycles. The maximum Gasteiger partial charge on any atom is 0.421 e. The highest BCUT2D eigenvalue weighted by molar-refractivity contribution is 7.91. The molecule has 0 saturated heterocycles. The minimum Gasteiger partial charge on any atom is -0.374 e. The molecule has 0 saturated carbocycles. The predicted molar refractivity (Wildman–Crippen MR) is 106 cm³/mol. The van der Waals surface area contributed by atoms with Gasteiger partial charge in [0.1, 0.15) is 5.82 Å². The van der Waals surface area contributed by atoms with Gasteiger partial charge in [-0.2, -0.15) is 17.9 Å². The Morgan fingerprint density at radius 2 is 1.97 bits per heavy atom. The van der Waals surface area contributed by atoms with Gasteiger partial charge in [-0.3, -0.25) is 24.1 Å². The molecule has 3 aromatic rings. The van der Waals surface area contributed by atoms with E-state index in [2.05, 4.69) is 15.2 Å². The van der Waals surface area contributed by atoms with Crippen LogP contribution in [-0.2, 0) is 26.9 Å². The van der Waals surface area contributed by atoms with Gasteiger partial charge in [0.25, 0.3) is 21.5 Å². The molecule has 0 spiro atoms. The van der Waals surface area contributed by atoms with Crippen molar-refractivity contribution in [3.63, 3.8) is 0 Å². The van der Waals surface area contributed by atoms with Crippen LogP contribution in [-0.4, -0.2) is 45.2 Å². The SMILES string of the molecule is Nc1nnc(S(=O)(=O)NC2(C(F)(F)F)C(=O)Nc3c2c(=O)[nH]c(=O)n3Cc2cccnc2)s1. The van der Waals surface area contributed by atoms with E-state index in [9.17, 15) is 36.0 Å². The van der Waals surface area contributed by atoms with Crippen LogP contribution in [0.25, 0.3) is 0 Å². The zero-order valence-electron chi connectivity index (χ0n) is 15.9. The van der Waals surface area contributed by atoms with Crippen LogP contribution in [0.4, 0.5) is 24.1 Å². The first kappa shape index (κ1) is 22.6. The van der Waals surface area contributed by atoms with Gasteiger partial charge in [0, 0.05) is 12.4 Å². The van der Waals surface area contributed by atoms with E-state index in [1.54, 1.807) is 4.98 Å². The Kier molecular flexibility index (Phi) is 5.10. The van der Waals surface area contributed by atoms with Gasteiger partial charge in [0.05, 0.1) is 12.1 Å². The fourth-order valence-corrected chi connectivity index (χ4v) is 5.30. The van der Waals surface area contributed by atoms with E-state index in [0.717, 1.165) is 0 Å². The maximum atomic E-state index is 14.3. The lowest BCUT2D eigenvalue weighted by Gasteiger charge is -2.29. The van der Waals surface area contributed by atoms with Crippen LogP contribution in [0, 0.1) is 0 Å². The van der Waals surface area contributed by atoms with E-state index >= 15 is 0 Å². The number of H-pyrrole nitrogens is 1. The van der Waals surface area contributed by atoms with Crippen LogP contribution in [0.5, 0.6) is 0 Å². The number of fused-ring (bicyclic) bond motifs is 1. The highest BCUT2D eigenvalue weighted by Gasteiger charge is 2.69. The highest BCUT2D eigenvalue weighted by atomic mass is 32.2. The molecular weight excluding hydrogens is 493 g/mol. The largest absolute Gasteiger partial charge is 0.421 e. The first-order chi connectivity index (χ1) is 15.4. The fraction of sp³-hybridized carbons (Fsp3) is 0.200. The smallest absolute Gasteiger partial charge is 0.374 e. The third-order valence-corrected chi connectivity index (χ3v) is 7.15. The van der Waals surface area contributed by atoms with Crippen molar-refractivity contribution in [1.29, 1.82) is 0 Å². The highest BCUT2D eigenvalue weighted by Crippen LogP contribution is 2.46. The number of rotatable bonds is 5. The number of nitrogens with one attached hydrogen (secondary N) is 3. The molecular formula is C15H11F3N8O5S2. The van der Waals surface area contributed by atoms with Crippen molar-refractivity contribution in [3.8, 4) is 0 Å². The average molecular weight is 504 g/mol. The molecule has 18 heteroatoms. The van der Waals surface area contributed by atoms with Crippen molar-refractivity contribution in [2.24, 2.45) is 0 Å². The molecule has 1 atom stereocenters. The quantitative estimate of drug-likeness (QED) is 0.340. The minimum atomic E-state index is -5.66. The van der Waals surface area contributed by atoms with Gasteiger partial charge in [-0.05, 0) is 11.6 Å². The van der Waals surface area contributed by atoms with Crippen molar-refractivity contribution < 1.29 is 26.4 Å². The van der Waals surface area contributed by atoms with Gasteiger partial charge >= 0.3 is 11.9 Å². The number of aromatic amines is 1. The van der Waals surface area contributed by atoms with Crippen LogP contribution in [0.15, 0.2) is 38.5 Å². The van der Waals surface area contributed by atoms with E-state index in [1.807, 2.05) is 5.32 Å². The number of sulfonamides is 1. The van der Waals surface area contributed by atoms with E-state index in [4.69, 9.17) is 5.73 Å². The Morgan fingerprint density at radius 1 is 1.24 bits per heavy atom. The second-order valence-corrected chi connectivity index (χ2v) is 9.51. The van der Waals surface area contributed by atoms with Crippen LogP contribution in [0.1, 0.15) is 11.1 Å². The Morgan fingerprint density at radius 3 is 2.55 bits per heavy atom. The number of alkyl halides is 3. The summed E-state index contributed by atoms with van der Waals surface area (Å²) in [5, 5.41) is 7.86. The second-order valence-electron chi connectivity index (χ2n) is 6.64. The number of nitrogens with zero attached hydrogens (tertiary/aromatic N) is 4. The van der Waals surface area contributed by atoms with Crippen molar-refractivity contribution in [2.75, 3.05) is 11.1 Å². The summed E-state index contributed by atoms with van der Waals surface area (Å²) in [6.07, 6.45) is -2.94. The number of nitrogens with two attached hydrogens (primary N) is 1. The van der Waals surface area contributed by atoms with Crippen molar-refractivity contribution in [1.82, 2.24) is 29.5 Å². The maximum absolute atomic E-state index is 14.3. The summed E-state index contributed by atoms with van der Waals surface area (Å²) in [4.78, 5) is 43.1. The predicted octanol–water partition coefficient (Wildman–Crippen LogP) is -0.898. The third-order valence-electron chi connectivity index (χ3n) is 4.58. The molecule has 13 nitrogen and oxygen atoms in total. The van der Waals surface area contributed by atoms with Gasteiger partial charge in [-0.1, -0.05) is 17.4 Å². The monoisotopic (exact) mass is 504 g/mol. The molecule has 33 heavy (non-hydrogen) atoms. The Balaban J connectivity index is 1.95. The molecule has 0 aromatic carbocycles. The third kappa shape index (κ3) is 3.56. The van der Waals surface area contributed by atoms with E-state index in [-0.39, 0.29) is 23.0 Å². The molecule has 0 aliphatic carbocycles. The summed E-state index contributed by atoms with van der Waals surface area (Å²) in [6.45, 7) is -0.389. The number of anilines is 2. The molecule has 1 unspecified atom stereocenters. The molecule has 1 amide bonds. The van der Waals surface area contributed by atoms with Crippen LogP contribution < -0.4 is 27.0 Å². The molecule has 0 bridgehead atoms. The number of amides is 1. The van der Waals surface area contributed by atoms with Gasteiger partial charge in [0.15, 0.2) is 0 Å². The Hall–Kier alpha value is -3.64. The summed E-state index contributed by atoms with van der Waals surface area (Å²) in [5.41, 5.74) is -2.55. The van der Waals surface area contributed by atoms with Gasteiger partial charge in [-0.25, -0.2) is 13.2 Å². The number of pyridine rings is 1. The molecule has 174 valence electrons. The lowest BCUT2D eigenvalue weighted by molar-refractivity contribution is -0.194. The topological polar surface area (TPSA) is 195 Å². The van der Waals surface area contributed by atoms with E-state index in [0.29, 0.717) is 10.1 Å². The summed E-state index contributed by atoms with van der Waals surface area (Å²) in [6, 6.07) is 2.99. The molecule has 0 fully saturated rings. The van der Waals surface area contributed by atoms with Gasteiger partial charge in [0.2, 0.25) is 15.0 Å². The van der Waals surface area contributed by atoms with E-state index in [1.165, 1.54) is 29.2 Å². The normalized spacial score (nSPS) is 18.2. The Labute approximate surface area is 184 Å². The van der Waals surface area contributed by atoms with Crippen molar-refractivity contribution in [2.45, 2.75) is 22.6 Å². The second kappa shape index (κ2) is 7.46. The molecule has 4 rings (SSSR count). The lowest BCUT2D eigenvalue weighted by Crippen LogP contribution is -2.61. The molecule has 0 radical (unpaired) electrons. The Bertz CT molecular complexity index is 1480. The lowest BCUT2D eigenvalue weighted by atomic mass is 9.93. The standard InChI is InChI=1S/C15H11F3N8O5S2/c16-15(17,18)14(25-33(30,31)13-24-23-11(19)32-13)7-8(21-10(14)28)26(12(29)22-9(7)27)5-6-2-1-3-20-4-6/h1-4,25H,5H2,(H2,19,23)(H,21,28)(H,22,27,29). The first-order valence-corrected chi connectivity index (χ1v) is 10.9. The number of carbonyl (C=O) groups excluding carboxylic acids is 1. The van der Waals surface area contributed by atoms with Crippen LogP contribution >= 0.6 is 11.3 Å². The van der Waals surface area contributed by atoms with Crippen molar-refractivity contribution >= 4 is 38.2 Å². The van der Waals surface area contributed by atoms with E-state index < -0.39 is 54.6 Å². The molecule has 5 N–H and O–H groups in total.